The van der Waals surface area contributed by atoms with E-state index in [1.165, 1.54) is 18.2 Å². The average molecular weight is 258 g/mol. The summed E-state index contributed by atoms with van der Waals surface area (Å²) in [5, 5.41) is 2.82. The van der Waals surface area contributed by atoms with Gasteiger partial charge in [-0.1, -0.05) is 6.92 Å². The van der Waals surface area contributed by atoms with E-state index in [1.807, 2.05) is 6.92 Å². The molecule has 94 valence electrons. The second kappa shape index (κ2) is 6.60. The number of nitrogens with one attached hydrogen (secondary N) is 1. The molecule has 0 spiro atoms. The Morgan fingerprint density at radius 3 is 2.82 bits per heavy atom. The van der Waals surface area contributed by atoms with E-state index in [2.05, 4.69) is 5.32 Å². The molecule has 1 atom stereocenters. The Morgan fingerprint density at radius 2 is 2.24 bits per heavy atom. The van der Waals surface area contributed by atoms with E-state index in [9.17, 15) is 9.18 Å². The highest BCUT2D eigenvalue weighted by molar-refractivity contribution is 6.17. The van der Waals surface area contributed by atoms with Gasteiger partial charge < -0.3 is 5.32 Å². The first-order valence-electron chi connectivity index (χ1n) is 5.65. The summed E-state index contributed by atoms with van der Waals surface area (Å²) in [4.78, 5) is 11.8. The van der Waals surface area contributed by atoms with Gasteiger partial charge in [0.25, 0.3) is 5.91 Å². The van der Waals surface area contributed by atoms with Gasteiger partial charge >= 0.3 is 0 Å². The van der Waals surface area contributed by atoms with Crippen LogP contribution in [0.2, 0.25) is 0 Å². The number of alkyl halides is 1. The normalized spacial score (nSPS) is 12.2. The molecule has 0 saturated heterocycles. The van der Waals surface area contributed by atoms with Crippen LogP contribution in [0, 0.1) is 18.7 Å². The maximum atomic E-state index is 12.9. The molecule has 1 N–H and O–H groups in total. The van der Waals surface area contributed by atoms with Crippen LogP contribution in [0.5, 0.6) is 0 Å². The summed E-state index contributed by atoms with van der Waals surface area (Å²) in [7, 11) is 0. The quantitative estimate of drug-likeness (QED) is 0.807. The van der Waals surface area contributed by atoms with Crippen molar-refractivity contribution in [3.63, 3.8) is 0 Å². The summed E-state index contributed by atoms with van der Waals surface area (Å²) in [5.41, 5.74) is 1.16. The Hall–Kier alpha value is -1.09. The van der Waals surface area contributed by atoms with Gasteiger partial charge in [0.15, 0.2) is 0 Å². The number of amides is 1. The van der Waals surface area contributed by atoms with E-state index in [4.69, 9.17) is 11.6 Å². The molecule has 0 bridgehead atoms. The number of hydrogen-bond donors (Lipinski definition) is 1. The van der Waals surface area contributed by atoms with E-state index >= 15 is 0 Å². The number of aryl methyl sites for hydroxylation is 1. The van der Waals surface area contributed by atoms with E-state index in [0.29, 0.717) is 29.5 Å². The van der Waals surface area contributed by atoms with Crippen LogP contribution in [0.15, 0.2) is 18.2 Å². The molecule has 1 aromatic rings. The highest BCUT2D eigenvalue weighted by Gasteiger charge is 2.10. The van der Waals surface area contributed by atoms with Crippen molar-refractivity contribution in [2.45, 2.75) is 20.3 Å². The molecule has 0 heterocycles. The smallest absolute Gasteiger partial charge is 0.251 e. The van der Waals surface area contributed by atoms with Crippen molar-refractivity contribution in [1.29, 1.82) is 0 Å². The molecular weight excluding hydrogens is 241 g/mol. The molecule has 4 heteroatoms. The van der Waals surface area contributed by atoms with Crippen molar-refractivity contribution < 1.29 is 9.18 Å². The van der Waals surface area contributed by atoms with Crippen LogP contribution in [0.3, 0.4) is 0 Å². The lowest BCUT2D eigenvalue weighted by molar-refractivity contribution is 0.0947. The van der Waals surface area contributed by atoms with Crippen LogP contribution in [0.4, 0.5) is 4.39 Å². The van der Waals surface area contributed by atoms with Gasteiger partial charge in [0.2, 0.25) is 0 Å². The molecule has 1 amide bonds. The summed E-state index contributed by atoms with van der Waals surface area (Å²) >= 11 is 5.62. The van der Waals surface area contributed by atoms with Gasteiger partial charge in [0.1, 0.15) is 5.82 Å². The fourth-order valence-electron chi connectivity index (χ4n) is 1.53. The number of benzene rings is 1. The van der Waals surface area contributed by atoms with Crippen molar-refractivity contribution >= 4 is 17.5 Å². The van der Waals surface area contributed by atoms with E-state index in [0.717, 1.165) is 6.42 Å². The third-order valence-electron chi connectivity index (χ3n) is 2.65. The zero-order valence-corrected chi connectivity index (χ0v) is 10.9. The Bertz CT molecular complexity index is 395. The monoisotopic (exact) mass is 257 g/mol. The van der Waals surface area contributed by atoms with Gasteiger partial charge in [-0.2, -0.15) is 0 Å². The number of carbonyl (C=O) groups is 1. The molecule has 1 aromatic carbocycles. The van der Waals surface area contributed by atoms with Crippen LogP contribution in [-0.2, 0) is 0 Å². The van der Waals surface area contributed by atoms with Crippen molar-refractivity contribution in [1.82, 2.24) is 5.32 Å². The van der Waals surface area contributed by atoms with Gasteiger partial charge in [0.05, 0.1) is 0 Å². The molecule has 0 aliphatic rings. The second-order valence-electron chi connectivity index (χ2n) is 4.25. The topological polar surface area (TPSA) is 29.1 Å². The van der Waals surface area contributed by atoms with E-state index < -0.39 is 0 Å². The maximum Gasteiger partial charge on any atom is 0.251 e. The van der Waals surface area contributed by atoms with Crippen LogP contribution in [-0.4, -0.2) is 18.3 Å². The van der Waals surface area contributed by atoms with Crippen LogP contribution < -0.4 is 5.32 Å². The number of carbonyl (C=O) groups excluding carboxylic acids is 1. The summed E-state index contributed by atoms with van der Waals surface area (Å²) in [6.45, 7) is 4.34. The lowest BCUT2D eigenvalue weighted by atomic mass is 10.1. The van der Waals surface area contributed by atoms with Gasteiger partial charge in [-0.15, -0.1) is 11.6 Å². The van der Waals surface area contributed by atoms with Crippen LogP contribution in [0.25, 0.3) is 0 Å². The fraction of sp³-hybridized carbons (Fsp3) is 0.462. The predicted octanol–water partition coefficient (Wildman–Crippen LogP) is 3.13. The molecule has 0 saturated carbocycles. The molecule has 0 aliphatic heterocycles. The minimum Gasteiger partial charge on any atom is -0.352 e. The van der Waals surface area contributed by atoms with Crippen molar-refractivity contribution in [2.75, 3.05) is 12.4 Å². The van der Waals surface area contributed by atoms with Crippen LogP contribution in [0.1, 0.15) is 29.3 Å². The molecule has 0 aromatic heterocycles. The molecule has 0 radical (unpaired) electrons. The summed E-state index contributed by atoms with van der Waals surface area (Å²) in [6, 6.07) is 4.16. The fourth-order valence-corrected chi connectivity index (χ4v) is 1.90. The molecule has 0 aliphatic carbocycles. The molecule has 17 heavy (non-hydrogen) atoms. The number of hydrogen-bond acceptors (Lipinski definition) is 1. The maximum absolute atomic E-state index is 12.9. The minimum atomic E-state index is -0.324. The summed E-state index contributed by atoms with van der Waals surface area (Å²) in [5.74, 6) is 0.447. The largest absolute Gasteiger partial charge is 0.352 e. The first-order valence-corrected chi connectivity index (χ1v) is 6.18. The Kier molecular flexibility index (Phi) is 5.42. The molecular formula is C13H17ClFNO. The van der Waals surface area contributed by atoms with Gasteiger partial charge in [-0.3, -0.25) is 4.79 Å². The Balaban J connectivity index is 2.58. The Morgan fingerprint density at radius 1 is 1.53 bits per heavy atom. The number of rotatable bonds is 5. The summed E-state index contributed by atoms with van der Waals surface area (Å²) in [6.07, 6.45) is 0.865. The molecule has 1 rings (SSSR count). The predicted molar refractivity (Wildman–Crippen MR) is 68.0 cm³/mol. The summed E-state index contributed by atoms with van der Waals surface area (Å²) < 4.78 is 12.9. The van der Waals surface area contributed by atoms with Crippen molar-refractivity contribution in [2.24, 2.45) is 5.92 Å². The zero-order valence-electron chi connectivity index (χ0n) is 10.1. The highest BCUT2D eigenvalue weighted by Crippen LogP contribution is 2.10. The molecule has 0 fully saturated rings. The first-order chi connectivity index (χ1) is 8.04. The second-order valence-corrected chi connectivity index (χ2v) is 4.63. The molecule has 2 nitrogen and oxygen atoms in total. The Labute approximate surface area is 106 Å². The van der Waals surface area contributed by atoms with Gasteiger partial charge in [-0.05, 0) is 43.0 Å². The van der Waals surface area contributed by atoms with E-state index in [-0.39, 0.29) is 11.7 Å². The number of halogens is 2. The zero-order chi connectivity index (χ0) is 12.8. The lowest BCUT2D eigenvalue weighted by Gasteiger charge is -2.12. The highest BCUT2D eigenvalue weighted by atomic mass is 35.5. The SMILES string of the molecule is Cc1cc(F)ccc1C(=O)NCC(C)CCCl. The van der Waals surface area contributed by atoms with Gasteiger partial charge in [-0.25, -0.2) is 4.39 Å². The van der Waals surface area contributed by atoms with Gasteiger partial charge in [0, 0.05) is 18.0 Å². The minimum absolute atomic E-state index is 0.163. The van der Waals surface area contributed by atoms with E-state index in [1.54, 1.807) is 6.92 Å². The van der Waals surface area contributed by atoms with Crippen molar-refractivity contribution in [3.8, 4) is 0 Å². The average Bonchev–Trinajstić information content (AvgIpc) is 2.26. The first kappa shape index (κ1) is 14.0. The van der Waals surface area contributed by atoms with Crippen LogP contribution >= 0.6 is 11.6 Å². The lowest BCUT2D eigenvalue weighted by Crippen LogP contribution is -2.29. The molecule has 1 unspecified atom stereocenters. The standard InChI is InChI=1S/C13H17ClFNO/c1-9(5-6-14)8-16-13(17)12-4-3-11(15)7-10(12)2/h3-4,7,9H,5-6,8H2,1-2H3,(H,16,17). The third kappa shape index (κ3) is 4.35. The third-order valence-corrected chi connectivity index (χ3v) is 2.86. The van der Waals surface area contributed by atoms with Crippen molar-refractivity contribution in [3.05, 3.63) is 35.1 Å².